The highest BCUT2D eigenvalue weighted by Gasteiger charge is 2.14. The van der Waals surface area contributed by atoms with Gasteiger partial charge in [-0.15, -0.1) is 24.0 Å². The van der Waals surface area contributed by atoms with Crippen LogP contribution in [0.3, 0.4) is 0 Å². The van der Waals surface area contributed by atoms with E-state index in [4.69, 9.17) is 9.47 Å². The first-order valence-corrected chi connectivity index (χ1v) is 8.64. The van der Waals surface area contributed by atoms with Gasteiger partial charge in [-0.1, -0.05) is 30.3 Å². The molecule has 27 heavy (non-hydrogen) atoms. The van der Waals surface area contributed by atoms with Gasteiger partial charge < -0.3 is 24.8 Å². The number of hydrogen-bond acceptors (Lipinski definition) is 4. The van der Waals surface area contributed by atoms with E-state index in [1.54, 1.807) is 14.0 Å². The fourth-order valence-electron chi connectivity index (χ4n) is 2.87. The Morgan fingerprint density at radius 2 is 1.81 bits per heavy atom. The maximum atomic E-state index is 9.58. The van der Waals surface area contributed by atoms with E-state index in [0.717, 1.165) is 34.1 Å². The molecule has 7 heteroatoms. The minimum atomic E-state index is -0.447. The molecule has 0 aromatic heterocycles. The Bertz CT molecular complexity index is 779. The standard InChI is InChI=1S/C20H25N3O3.HI/c1-14(24)17-7-4-15(5-8-17)11-22-20(21-2)23(3)12-16-6-9-18-19(10-16)26-13-25-18;/h4-10,14,24H,11-13H2,1-3H3,(H,21,22);1H. The fraction of sp³-hybridized carbons (Fsp3) is 0.350. The van der Waals surface area contributed by atoms with Gasteiger partial charge in [-0.2, -0.15) is 0 Å². The molecule has 6 nitrogen and oxygen atoms in total. The molecule has 0 fully saturated rings. The molecule has 2 N–H and O–H groups in total. The first-order valence-electron chi connectivity index (χ1n) is 8.64. The molecule has 1 unspecified atom stereocenters. The number of nitrogens with zero attached hydrogens (tertiary/aromatic N) is 2. The van der Waals surface area contributed by atoms with Crippen molar-refractivity contribution in [1.82, 2.24) is 10.2 Å². The molecule has 1 atom stereocenters. The Balaban J connectivity index is 0.00000261. The first kappa shape index (κ1) is 21.3. The van der Waals surface area contributed by atoms with Crippen LogP contribution in [0.25, 0.3) is 0 Å². The van der Waals surface area contributed by atoms with Crippen molar-refractivity contribution in [2.75, 3.05) is 20.9 Å². The van der Waals surface area contributed by atoms with Crippen molar-refractivity contribution >= 4 is 29.9 Å². The molecule has 2 aromatic carbocycles. The Hall–Kier alpha value is -2.00. The van der Waals surface area contributed by atoms with Crippen LogP contribution in [-0.4, -0.2) is 36.9 Å². The molecule has 0 saturated carbocycles. The van der Waals surface area contributed by atoms with E-state index in [-0.39, 0.29) is 30.8 Å². The van der Waals surface area contributed by atoms with E-state index >= 15 is 0 Å². The third-order valence-electron chi connectivity index (χ3n) is 4.34. The lowest BCUT2D eigenvalue weighted by Crippen LogP contribution is -2.38. The van der Waals surface area contributed by atoms with Crippen molar-refractivity contribution in [3.05, 3.63) is 59.2 Å². The number of hydrogen-bond donors (Lipinski definition) is 2. The van der Waals surface area contributed by atoms with Crippen LogP contribution in [0.15, 0.2) is 47.5 Å². The highest BCUT2D eigenvalue weighted by molar-refractivity contribution is 14.0. The van der Waals surface area contributed by atoms with Crippen molar-refractivity contribution in [2.45, 2.75) is 26.1 Å². The van der Waals surface area contributed by atoms with Crippen LogP contribution < -0.4 is 14.8 Å². The minimum Gasteiger partial charge on any atom is -0.454 e. The molecule has 0 radical (unpaired) electrons. The second-order valence-corrected chi connectivity index (χ2v) is 6.36. The third kappa shape index (κ3) is 5.49. The first-order chi connectivity index (χ1) is 12.6. The van der Waals surface area contributed by atoms with Gasteiger partial charge in [0.15, 0.2) is 17.5 Å². The molecule has 146 valence electrons. The van der Waals surface area contributed by atoms with E-state index in [0.29, 0.717) is 13.1 Å². The lowest BCUT2D eigenvalue weighted by atomic mass is 10.1. The summed E-state index contributed by atoms with van der Waals surface area (Å²) in [4.78, 5) is 6.41. The molecule has 3 rings (SSSR count). The Labute approximate surface area is 177 Å². The summed E-state index contributed by atoms with van der Waals surface area (Å²) in [6.45, 7) is 3.42. The van der Waals surface area contributed by atoms with Crippen molar-refractivity contribution in [1.29, 1.82) is 0 Å². The fourth-order valence-corrected chi connectivity index (χ4v) is 2.87. The quantitative estimate of drug-likeness (QED) is 0.388. The topological polar surface area (TPSA) is 66.3 Å². The monoisotopic (exact) mass is 483 g/mol. The Morgan fingerprint density at radius 1 is 1.15 bits per heavy atom. The average Bonchev–Trinajstić information content (AvgIpc) is 3.10. The SMILES string of the molecule is CN=C(NCc1ccc(C(C)O)cc1)N(C)Cc1ccc2c(c1)OCO2.I. The second kappa shape index (κ2) is 9.80. The summed E-state index contributed by atoms with van der Waals surface area (Å²) < 4.78 is 10.8. The van der Waals surface area contributed by atoms with E-state index in [2.05, 4.69) is 15.2 Å². The van der Waals surface area contributed by atoms with Gasteiger partial charge in [-0.05, 0) is 35.7 Å². The summed E-state index contributed by atoms with van der Waals surface area (Å²) in [5.41, 5.74) is 3.17. The van der Waals surface area contributed by atoms with Crippen LogP contribution >= 0.6 is 24.0 Å². The number of ether oxygens (including phenoxy) is 2. The van der Waals surface area contributed by atoms with Crippen LogP contribution in [0.1, 0.15) is 29.7 Å². The lowest BCUT2D eigenvalue weighted by Gasteiger charge is -2.22. The molecule has 0 bridgehead atoms. The summed E-state index contributed by atoms with van der Waals surface area (Å²) in [6, 6.07) is 13.9. The van der Waals surface area contributed by atoms with Gasteiger partial charge in [0.2, 0.25) is 6.79 Å². The number of fused-ring (bicyclic) bond motifs is 1. The molecular formula is C20H26IN3O3. The molecule has 2 aromatic rings. The zero-order chi connectivity index (χ0) is 18.5. The number of aliphatic hydroxyl groups excluding tert-OH is 1. The summed E-state index contributed by atoms with van der Waals surface area (Å²) in [5.74, 6) is 2.39. The number of aliphatic hydroxyl groups is 1. The van der Waals surface area contributed by atoms with Crippen LogP contribution in [-0.2, 0) is 13.1 Å². The summed E-state index contributed by atoms with van der Waals surface area (Å²) >= 11 is 0. The molecule has 0 spiro atoms. The maximum Gasteiger partial charge on any atom is 0.231 e. The number of aliphatic imine (C=N–C) groups is 1. The van der Waals surface area contributed by atoms with Gasteiger partial charge in [0.05, 0.1) is 6.10 Å². The Morgan fingerprint density at radius 3 is 2.48 bits per heavy atom. The van der Waals surface area contributed by atoms with Gasteiger partial charge in [-0.25, -0.2) is 0 Å². The summed E-state index contributed by atoms with van der Waals surface area (Å²) in [5, 5.41) is 12.9. The molecule has 1 heterocycles. The molecule has 0 amide bonds. The molecule has 1 aliphatic heterocycles. The van der Waals surface area contributed by atoms with Crippen LogP contribution in [0.2, 0.25) is 0 Å². The number of rotatable bonds is 5. The second-order valence-electron chi connectivity index (χ2n) is 6.36. The van der Waals surface area contributed by atoms with E-state index < -0.39 is 6.10 Å². The largest absolute Gasteiger partial charge is 0.454 e. The normalized spacial score (nSPS) is 13.7. The van der Waals surface area contributed by atoms with E-state index in [1.165, 1.54) is 0 Å². The van der Waals surface area contributed by atoms with Crippen molar-refractivity contribution in [3.8, 4) is 11.5 Å². The number of halogens is 1. The Kier molecular flexibility index (Phi) is 7.73. The van der Waals surface area contributed by atoms with Crippen LogP contribution in [0, 0.1) is 0 Å². The smallest absolute Gasteiger partial charge is 0.231 e. The minimum absolute atomic E-state index is 0. The molecule has 1 aliphatic rings. The number of nitrogens with one attached hydrogen (secondary N) is 1. The molecular weight excluding hydrogens is 457 g/mol. The summed E-state index contributed by atoms with van der Waals surface area (Å²) in [7, 11) is 3.77. The highest BCUT2D eigenvalue weighted by atomic mass is 127. The van der Waals surface area contributed by atoms with Crippen LogP contribution in [0.5, 0.6) is 11.5 Å². The zero-order valence-electron chi connectivity index (χ0n) is 15.8. The van der Waals surface area contributed by atoms with Gasteiger partial charge in [0, 0.05) is 27.2 Å². The van der Waals surface area contributed by atoms with E-state index in [1.807, 2.05) is 49.5 Å². The van der Waals surface area contributed by atoms with Crippen molar-refractivity contribution in [2.24, 2.45) is 4.99 Å². The van der Waals surface area contributed by atoms with Gasteiger partial charge in [-0.3, -0.25) is 4.99 Å². The van der Waals surface area contributed by atoms with Crippen molar-refractivity contribution in [3.63, 3.8) is 0 Å². The molecule has 0 aliphatic carbocycles. The van der Waals surface area contributed by atoms with E-state index in [9.17, 15) is 5.11 Å². The predicted octanol–water partition coefficient (Wildman–Crippen LogP) is 3.29. The van der Waals surface area contributed by atoms with Gasteiger partial charge in [0.25, 0.3) is 0 Å². The predicted molar refractivity (Wildman–Crippen MR) is 117 cm³/mol. The average molecular weight is 483 g/mol. The third-order valence-corrected chi connectivity index (χ3v) is 4.34. The number of benzene rings is 2. The van der Waals surface area contributed by atoms with Gasteiger partial charge in [0.1, 0.15) is 0 Å². The van der Waals surface area contributed by atoms with Crippen molar-refractivity contribution < 1.29 is 14.6 Å². The lowest BCUT2D eigenvalue weighted by molar-refractivity contribution is 0.174. The summed E-state index contributed by atoms with van der Waals surface area (Å²) in [6.07, 6.45) is -0.447. The highest BCUT2D eigenvalue weighted by Crippen LogP contribution is 2.32. The van der Waals surface area contributed by atoms with Crippen LogP contribution in [0.4, 0.5) is 0 Å². The number of guanidine groups is 1. The molecule has 0 saturated heterocycles. The van der Waals surface area contributed by atoms with Gasteiger partial charge >= 0.3 is 0 Å². The zero-order valence-corrected chi connectivity index (χ0v) is 18.1. The maximum absolute atomic E-state index is 9.58.